The van der Waals surface area contributed by atoms with Crippen LogP contribution in [0.2, 0.25) is 0 Å². The van der Waals surface area contributed by atoms with E-state index >= 15 is 0 Å². The molecule has 0 atom stereocenters. The summed E-state index contributed by atoms with van der Waals surface area (Å²) in [5.74, 6) is 0.692. The first-order valence-electron chi connectivity index (χ1n) is 6.79. The Hall–Kier alpha value is -1.08. The normalized spacial score (nSPS) is 16.8. The summed E-state index contributed by atoms with van der Waals surface area (Å²) in [6, 6.07) is 4.80. The number of nitrogens with zero attached hydrogens (tertiary/aromatic N) is 1. The molecular formula is C14H18F3NO2S. The Balaban J connectivity index is 2.01. The monoisotopic (exact) mass is 321 g/mol. The third-order valence-electron chi connectivity index (χ3n) is 3.33. The van der Waals surface area contributed by atoms with Crippen LogP contribution in [0.3, 0.4) is 0 Å². The summed E-state index contributed by atoms with van der Waals surface area (Å²) >= 11 is -0.519. The summed E-state index contributed by atoms with van der Waals surface area (Å²) in [6.45, 7) is 2.84. The van der Waals surface area contributed by atoms with Crippen LogP contribution < -0.4 is 8.92 Å². The fraction of sp³-hybridized carbons (Fsp3) is 0.571. The number of methoxy groups -OCH3 is 1. The van der Waals surface area contributed by atoms with E-state index in [0.717, 1.165) is 25.2 Å². The van der Waals surface area contributed by atoms with Crippen LogP contribution in [0.1, 0.15) is 24.8 Å². The van der Waals surface area contributed by atoms with Gasteiger partial charge in [0.05, 0.1) is 7.11 Å². The molecule has 1 heterocycles. The van der Waals surface area contributed by atoms with Gasteiger partial charge >= 0.3 is 5.51 Å². The Morgan fingerprint density at radius 3 is 2.52 bits per heavy atom. The minimum Gasteiger partial charge on any atom is -0.496 e. The molecule has 0 radical (unpaired) electrons. The highest BCUT2D eigenvalue weighted by atomic mass is 32.2. The lowest BCUT2D eigenvalue weighted by Crippen LogP contribution is -2.29. The van der Waals surface area contributed by atoms with E-state index in [4.69, 9.17) is 4.74 Å². The lowest BCUT2D eigenvalue weighted by Gasteiger charge is -2.27. The molecule has 0 bridgehead atoms. The Morgan fingerprint density at radius 2 is 1.90 bits per heavy atom. The summed E-state index contributed by atoms with van der Waals surface area (Å²) in [6.07, 6.45) is 3.63. The standard InChI is InChI=1S/C14H18F3NO2S/c1-19-13-9-12(20-21-14(15,16)17)6-5-11(13)10-18-7-3-2-4-8-18/h5-6,9H,2-4,7-8,10H2,1H3. The molecule has 0 N–H and O–H groups in total. The summed E-state index contributed by atoms with van der Waals surface area (Å²) < 4.78 is 46.3. The van der Waals surface area contributed by atoms with Gasteiger partial charge in [0.25, 0.3) is 0 Å². The third-order valence-corrected chi connectivity index (χ3v) is 3.80. The van der Waals surface area contributed by atoms with Crippen LogP contribution in [0.4, 0.5) is 13.2 Å². The molecule has 2 rings (SSSR count). The molecule has 0 aliphatic carbocycles. The fourth-order valence-corrected chi connectivity index (χ4v) is 2.66. The number of piperidine rings is 1. The molecule has 3 nitrogen and oxygen atoms in total. The first-order valence-corrected chi connectivity index (χ1v) is 7.54. The number of ether oxygens (including phenoxy) is 1. The van der Waals surface area contributed by atoms with Gasteiger partial charge in [-0.25, -0.2) is 0 Å². The molecule has 1 aromatic carbocycles. The van der Waals surface area contributed by atoms with Gasteiger partial charge in [0.1, 0.15) is 11.5 Å². The number of alkyl halides is 3. The van der Waals surface area contributed by atoms with Crippen molar-refractivity contribution in [3.8, 4) is 11.5 Å². The van der Waals surface area contributed by atoms with Gasteiger partial charge in [-0.1, -0.05) is 12.5 Å². The highest BCUT2D eigenvalue weighted by Crippen LogP contribution is 2.34. The number of likely N-dealkylation sites (tertiary alicyclic amines) is 1. The van der Waals surface area contributed by atoms with Crippen molar-refractivity contribution in [2.75, 3.05) is 20.2 Å². The highest BCUT2D eigenvalue weighted by molar-refractivity contribution is 7.95. The minimum absolute atomic E-state index is 0.136. The molecule has 0 aromatic heterocycles. The lowest BCUT2D eigenvalue weighted by atomic mass is 10.1. The van der Waals surface area contributed by atoms with Gasteiger partial charge in [0, 0.05) is 18.2 Å². The molecule has 0 spiro atoms. The number of benzene rings is 1. The van der Waals surface area contributed by atoms with Crippen LogP contribution in [0.5, 0.6) is 11.5 Å². The van der Waals surface area contributed by atoms with Gasteiger partial charge in [0.15, 0.2) is 12.0 Å². The van der Waals surface area contributed by atoms with E-state index in [9.17, 15) is 13.2 Å². The quantitative estimate of drug-likeness (QED) is 0.757. The van der Waals surface area contributed by atoms with Gasteiger partial charge < -0.3 is 8.92 Å². The SMILES string of the molecule is COc1cc(OSC(F)(F)F)ccc1CN1CCCCC1. The van der Waals surface area contributed by atoms with Gasteiger partial charge in [-0.3, -0.25) is 4.90 Å². The average molecular weight is 321 g/mol. The minimum atomic E-state index is -4.42. The predicted molar refractivity (Wildman–Crippen MR) is 76.4 cm³/mol. The Bertz CT molecular complexity index is 462. The van der Waals surface area contributed by atoms with Gasteiger partial charge in [-0.2, -0.15) is 13.2 Å². The molecule has 118 valence electrons. The molecule has 1 aliphatic heterocycles. The maximum atomic E-state index is 12.1. The zero-order valence-corrected chi connectivity index (χ0v) is 12.6. The molecule has 1 saturated heterocycles. The molecule has 0 unspecified atom stereocenters. The first kappa shape index (κ1) is 16.3. The average Bonchev–Trinajstić information content (AvgIpc) is 2.46. The zero-order chi connectivity index (χ0) is 15.3. The van der Waals surface area contributed by atoms with E-state index in [1.54, 1.807) is 12.1 Å². The molecular weight excluding hydrogens is 303 g/mol. The lowest BCUT2D eigenvalue weighted by molar-refractivity contribution is -0.0369. The van der Waals surface area contributed by atoms with Crippen LogP contribution in [-0.2, 0) is 6.54 Å². The smallest absolute Gasteiger partial charge is 0.479 e. The van der Waals surface area contributed by atoms with Crippen molar-refractivity contribution in [2.45, 2.75) is 31.3 Å². The molecule has 0 saturated carbocycles. The van der Waals surface area contributed by atoms with Crippen molar-refractivity contribution in [2.24, 2.45) is 0 Å². The first-order chi connectivity index (χ1) is 9.98. The Labute approximate surface area is 126 Å². The Kier molecular flexibility index (Phi) is 5.64. The van der Waals surface area contributed by atoms with Gasteiger partial charge in [-0.15, -0.1) is 0 Å². The second-order valence-corrected chi connectivity index (χ2v) is 5.72. The number of hydrogen-bond donors (Lipinski definition) is 0. The van der Waals surface area contributed by atoms with Crippen molar-refractivity contribution in [1.82, 2.24) is 4.90 Å². The molecule has 0 amide bonds. The topological polar surface area (TPSA) is 21.7 Å². The third kappa shape index (κ3) is 5.32. The van der Waals surface area contributed by atoms with E-state index in [1.807, 2.05) is 0 Å². The second kappa shape index (κ2) is 7.26. The van der Waals surface area contributed by atoms with Crippen LogP contribution in [0.15, 0.2) is 18.2 Å². The van der Waals surface area contributed by atoms with Crippen LogP contribution in [0, 0.1) is 0 Å². The van der Waals surface area contributed by atoms with E-state index in [1.165, 1.54) is 32.4 Å². The number of hydrogen-bond acceptors (Lipinski definition) is 4. The molecule has 21 heavy (non-hydrogen) atoms. The number of rotatable bonds is 5. The van der Waals surface area contributed by atoms with E-state index in [0.29, 0.717) is 5.75 Å². The maximum absolute atomic E-state index is 12.1. The second-order valence-electron chi connectivity index (χ2n) is 4.92. The summed E-state index contributed by atoms with van der Waals surface area (Å²) in [5.41, 5.74) is -3.46. The number of halogens is 3. The predicted octanol–water partition coefficient (Wildman–Crippen LogP) is 4.23. The molecule has 1 aliphatic rings. The fourth-order valence-electron chi connectivity index (χ4n) is 2.36. The van der Waals surface area contributed by atoms with Gasteiger partial charge in [-0.05, 0) is 32.0 Å². The zero-order valence-electron chi connectivity index (χ0n) is 11.8. The summed E-state index contributed by atoms with van der Waals surface area (Å²) in [7, 11) is 1.51. The molecule has 7 heteroatoms. The molecule has 1 aromatic rings. The summed E-state index contributed by atoms with van der Waals surface area (Å²) in [4.78, 5) is 2.33. The van der Waals surface area contributed by atoms with Gasteiger partial charge in [0.2, 0.25) is 0 Å². The van der Waals surface area contributed by atoms with Crippen molar-refractivity contribution >= 4 is 12.0 Å². The highest BCUT2D eigenvalue weighted by Gasteiger charge is 2.31. The van der Waals surface area contributed by atoms with Crippen molar-refractivity contribution < 1.29 is 22.1 Å². The van der Waals surface area contributed by atoms with Crippen LogP contribution >= 0.6 is 12.0 Å². The van der Waals surface area contributed by atoms with Crippen molar-refractivity contribution in [3.05, 3.63) is 23.8 Å². The van der Waals surface area contributed by atoms with E-state index < -0.39 is 17.6 Å². The van der Waals surface area contributed by atoms with Crippen molar-refractivity contribution in [3.63, 3.8) is 0 Å². The van der Waals surface area contributed by atoms with Crippen molar-refractivity contribution in [1.29, 1.82) is 0 Å². The van der Waals surface area contributed by atoms with E-state index in [2.05, 4.69) is 9.08 Å². The largest absolute Gasteiger partial charge is 0.496 e. The van der Waals surface area contributed by atoms with E-state index in [-0.39, 0.29) is 5.75 Å². The van der Waals surface area contributed by atoms with Crippen LogP contribution in [0.25, 0.3) is 0 Å². The Morgan fingerprint density at radius 1 is 1.19 bits per heavy atom. The summed E-state index contributed by atoms with van der Waals surface area (Å²) in [5, 5.41) is 0. The van der Waals surface area contributed by atoms with Crippen LogP contribution in [-0.4, -0.2) is 30.6 Å². The maximum Gasteiger partial charge on any atom is 0.479 e. The molecule has 1 fully saturated rings.